The largest absolute Gasteiger partial charge is 0.490 e. The Bertz CT molecular complexity index is 638. The summed E-state index contributed by atoms with van der Waals surface area (Å²) in [5, 5.41) is 9.80. The SMILES string of the molecule is N#Cc1cccc(OCCOc2ccc(Cl)cc2Cl)c1. The monoisotopic (exact) mass is 307 g/mol. The third kappa shape index (κ3) is 4.06. The molecule has 0 aliphatic heterocycles. The molecule has 0 saturated carbocycles. The number of ether oxygens (including phenoxy) is 2. The zero-order chi connectivity index (χ0) is 14.4. The molecule has 0 spiro atoms. The minimum absolute atomic E-state index is 0.345. The smallest absolute Gasteiger partial charge is 0.138 e. The van der Waals surface area contributed by atoms with E-state index in [-0.39, 0.29) is 0 Å². The minimum Gasteiger partial charge on any atom is -0.490 e. The van der Waals surface area contributed by atoms with E-state index in [0.717, 1.165) is 0 Å². The molecule has 20 heavy (non-hydrogen) atoms. The average molecular weight is 308 g/mol. The molecule has 2 aromatic rings. The van der Waals surface area contributed by atoms with Gasteiger partial charge in [-0.2, -0.15) is 5.26 Å². The molecule has 3 nitrogen and oxygen atoms in total. The molecule has 0 bridgehead atoms. The Morgan fingerprint density at radius 2 is 1.80 bits per heavy atom. The van der Waals surface area contributed by atoms with Crippen LogP contribution in [0.15, 0.2) is 42.5 Å². The standard InChI is InChI=1S/C15H11Cl2NO2/c16-12-4-5-15(14(17)9-12)20-7-6-19-13-3-1-2-11(8-13)10-18/h1-5,8-9H,6-7H2. The molecule has 0 aromatic heterocycles. The van der Waals surface area contributed by atoms with Crippen molar-refractivity contribution in [3.63, 3.8) is 0 Å². The van der Waals surface area contributed by atoms with Gasteiger partial charge in [-0.15, -0.1) is 0 Å². The summed E-state index contributed by atoms with van der Waals surface area (Å²) in [5.74, 6) is 1.19. The second-order valence-electron chi connectivity index (χ2n) is 3.91. The molecule has 5 heteroatoms. The van der Waals surface area contributed by atoms with Crippen LogP contribution in [0.2, 0.25) is 10.0 Å². The van der Waals surface area contributed by atoms with E-state index in [1.807, 2.05) is 0 Å². The van der Waals surface area contributed by atoms with Crippen LogP contribution in [0, 0.1) is 11.3 Å². The molecule has 0 aliphatic rings. The molecule has 0 heterocycles. The van der Waals surface area contributed by atoms with Crippen molar-refractivity contribution in [2.24, 2.45) is 0 Å². The topological polar surface area (TPSA) is 42.2 Å². The first-order valence-electron chi connectivity index (χ1n) is 5.90. The molecule has 0 unspecified atom stereocenters. The van der Waals surface area contributed by atoms with Gasteiger partial charge < -0.3 is 9.47 Å². The van der Waals surface area contributed by atoms with Crippen LogP contribution in [0.25, 0.3) is 0 Å². The maximum absolute atomic E-state index is 8.78. The predicted octanol–water partition coefficient (Wildman–Crippen LogP) is 4.32. The summed E-state index contributed by atoms with van der Waals surface area (Å²) >= 11 is 11.8. The van der Waals surface area contributed by atoms with Crippen molar-refractivity contribution in [1.29, 1.82) is 5.26 Å². The summed E-state index contributed by atoms with van der Waals surface area (Å²) in [7, 11) is 0. The number of hydrogen-bond donors (Lipinski definition) is 0. The third-order valence-electron chi connectivity index (χ3n) is 2.47. The average Bonchev–Trinajstić information content (AvgIpc) is 2.45. The summed E-state index contributed by atoms with van der Waals surface area (Å²) in [5.41, 5.74) is 0.559. The van der Waals surface area contributed by atoms with E-state index < -0.39 is 0 Å². The third-order valence-corrected chi connectivity index (χ3v) is 3.00. The van der Waals surface area contributed by atoms with Crippen LogP contribution in [-0.4, -0.2) is 13.2 Å². The predicted molar refractivity (Wildman–Crippen MR) is 78.6 cm³/mol. The Kier molecular flexibility index (Phi) is 5.11. The summed E-state index contributed by atoms with van der Waals surface area (Å²) < 4.78 is 11.0. The van der Waals surface area contributed by atoms with Crippen LogP contribution >= 0.6 is 23.2 Å². The molecule has 0 fully saturated rings. The van der Waals surface area contributed by atoms with E-state index in [1.54, 1.807) is 42.5 Å². The maximum atomic E-state index is 8.78. The van der Waals surface area contributed by atoms with Crippen molar-refractivity contribution in [2.45, 2.75) is 0 Å². The summed E-state index contributed by atoms with van der Waals surface area (Å²) in [4.78, 5) is 0. The van der Waals surface area contributed by atoms with Gasteiger partial charge in [0.25, 0.3) is 0 Å². The Morgan fingerprint density at radius 1 is 1.00 bits per heavy atom. The van der Waals surface area contributed by atoms with Crippen molar-refractivity contribution in [3.05, 3.63) is 58.1 Å². The molecular formula is C15H11Cl2NO2. The van der Waals surface area contributed by atoms with Crippen molar-refractivity contribution < 1.29 is 9.47 Å². The fraction of sp³-hybridized carbons (Fsp3) is 0.133. The Labute approximate surface area is 127 Å². The van der Waals surface area contributed by atoms with Crippen molar-refractivity contribution in [3.8, 4) is 17.6 Å². The van der Waals surface area contributed by atoms with Gasteiger partial charge >= 0.3 is 0 Å². The lowest BCUT2D eigenvalue weighted by Crippen LogP contribution is -2.09. The van der Waals surface area contributed by atoms with E-state index in [0.29, 0.717) is 40.3 Å². The van der Waals surface area contributed by atoms with Gasteiger partial charge in [0.15, 0.2) is 0 Å². The number of nitrogens with zero attached hydrogens (tertiary/aromatic N) is 1. The number of nitriles is 1. The highest BCUT2D eigenvalue weighted by Gasteiger charge is 2.02. The van der Waals surface area contributed by atoms with Crippen LogP contribution < -0.4 is 9.47 Å². The van der Waals surface area contributed by atoms with Crippen molar-refractivity contribution in [1.82, 2.24) is 0 Å². The lowest BCUT2D eigenvalue weighted by molar-refractivity contribution is 0.217. The first-order chi connectivity index (χ1) is 9.69. The summed E-state index contributed by atoms with van der Waals surface area (Å²) in [6.45, 7) is 0.700. The van der Waals surface area contributed by atoms with Crippen LogP contribution in [0.1, 0.15) is 5.56 Å². The Morgan fingerprint density at radius 3 is 2.55 bits per heavy atom. The molecule has 0 radical (unpaired) electrons. The first kappa shape index (κ1) is 14.5. The molecule has 0 aliphatic carbocycles. The van der Waals surface area contributed by atoms with E-state index in [9.17, 15) is 0 Å². The highest BCUT2D eigenvalue weighted by molar-refractivity contribution is 6.35. The van der Waals surface area contributed by atoms with Crippen molar-refractivity contribution in [2.75, 3.05) is 13.2 Å². The summed E-state index contributed by atoms with van der Waals surface area (Å²) in [6.07, 6.45) is 0. The lowest BCUT2D eigenvalue weighted by Gasteiger charge is -2.09. The molecule has 0 amide bonds. The van der Waals surface area contributed by atoms with Gasteiger partial charge in [-0.25, -0.2) is 0 Å². The molecule has 2 aromatic carbocycles. The van der Waals surface area contributed by atoms with Crippen LogP contribution in [0.3, 0.4) is 0 Å². The number of rotatable bonds is 5. The number of benzene rings is 2. The second-order valence-corrected chi connectivity index (χ2v) is 4.75. The van der Waals surface area contributed by atoms with Gasteiger partial charge in [0, 0.05) is 5.02 Å². The quantitative estimate of drug-likeness (QED) is 0.772. The lowest BCUT2D eigenvalue weighted by atomic mass is 10.2. The molecule has 0 atom stereocenters. The van der Waals surface area contributed by atoms with Crippen LogP contribution in [-0.2, 0) is 0 Å². The molecule has 102 valence electrons. The highest BCUT2D eigenvalue weighted by atomic mass is 35.5. The summed E-state index contributed by atoms with van der Waals surface area (Å²) in [6, 6.07) is 14.0. The van der Waals surface area contributed by atoms with Crippen LogP contribution in [0.4, 0.5) is 0 Å². The Balaban J connectivity index is 1.83. The minimum atomic E-state index is 0.345. The normalized spacial score (nSPS) is 9.85. The van der Waals surface area contributed by atoms with E-state index in [1.165, 1.54) is 0 Å². The maximum Gasteiger partial charge on any atom is 0.138 e. The van der Waals surface area contributed by atoms with Crippen molar-refractivity contribution >= 4 is 23.2 Å². The molecule has 0 saturated heterocycles. The van der Waals surface area contributed by atoms with E-state index >= 15 is 0 Å². The van der Waals surface area contributed by atoms with Crippen LogP contribution in [0.5, 0.6) is 11.5 Å². The first-order valence-corrected chi connectivity index (χ1v) is 6.65. The second kappa shape index (κ2) is 7.04. The van der Waals surface area contributed by atoms with E-state index in [2.05, 4.69) is 6.07 Å². The zero-order valence-corrected chi connectivity index (χ0v) is 12.0. The van der Waals surface area contributed by atoms with Gasteiger partial charge in [-0.05, 0) is 36.4 Å². The van der Waals surface area contributed by atoms with Gasteiger partial charge in [0.1, 0.15) is 24.7 Å². The molecular weight excluding hydrogens is 297 g/mol. The van der Waals surface area contributed by atoms with Gasteiger partial charge in [-0.1, -0.05) is 29.3 Å². The highest BCUT2D eigenvalue weighted by Crippen LogP contribution is 2.27. The van der Waals surface area contributed by atoms with Gasteiger partial charge in [0.2, 0.25) is 0 Å². The number of hydrogen-bond acceptors (Lipinski definition) is 3. The van der Waals surface area contributed by atoms with E-state index in [4.69, 9.17) is 37.9 Å². The Hall–Kier alpha value is -1.89. The fourth-order valence-corrected chi connectivity index (χ4v) is 2.02. The molecule has 2 rings (SSSR count). The van der Waals surface area contributed by atoms with Gasteiger partial charge in [0.05, 0.1) is 16.7 Å². The fourth-order valence-electron chi connectivity index (χ4n) is 1.56. The molecule has 0 N–H and O–H groups in total. The zero-order valence-electron chi connectivity index (χ0n) is 10.5. The number of halogens is 2. The van der Waals surface area contributed by atoms with Gasteiger partial charge in [-0.3, -0.25) is 0 Å².